The predicted octanol–water partition coefficient (Wildman–Crippen LogP) is 2.98. The fourth-order valence-corrected chi connectivity index (χ4v) is 4.73. The van der Waals surface area contributed by atoms with Crippen LogP contribution in [0.4, 0.5) is 0 Å². The van der Waals surface area contributed by atoms with Crippen molar-refractivity contribution in [3.63, 3.8) is 0 Å². The van der Waals surface area contributed by atoms with Crippen molar-refractivity contribution in [2.24, 2.45) is 13.0 Å². The molecule has 1 aromatic carbocycles. The first kappa shape index (κ1) is 19.4. The zero-order valence-corrected chi connectivity index (χ0v) is 17.3. The van der Waals surface area contributed by atoms with Crippen LogP contribution in [0.2, 0.25) is 5.02 Å². The van der Waals surface area contributed by atoms with E-state index >= 15 is 0 Å². The monoisotopic (exact) mass is 402 g/mol. The Labute approximate surface area is 170 Å². The summed E-state index contributed by atoms with van der Waals surface area (Å²) in [6.45, 7) is 5.15. The highest BCUT2D eigenvalue weighted by molar-refractivity contribution is 6.31. The van der Waals surface area contributed by atoms with Gasteiger partial charge in [0.05, 0.1) is 16.9 Å². The number of aromatic nitrogens is 2. The molecule has 2 aliphatic rings. The number of benzene rings is 1. The van der Waals surface area contributed by atoms with E-state index in [9.17, 15) is 9.59 Å². The molecule has 1 aromatic heterocycles. The number of hydrogen-bond donors (Lipinski definition) is 0. The Morgan fingerprint density at radius 2 is 1.86 bits per heavy atom. The maximum absolute atomic E-state index is 12.7. The summed E-state index contributed by atoms with van der Waals surface area (Å²) in [6.07, 6.45) is 4.44. The van der Waals surface area contributed by atoms with Gasteiger partial charge in [-0.15, -0.1) is 0 Å². The van der Waals surface area contributed by atoms with Gasteiger partial charge in [-0.25, -0.2) is 4.98 Å². The highest BCUT2D eigenvalue weighted by atomic mass is 35.5. The largest absolute Gasteiger partial charge is 0.340 e. The normalized spacial score (nSPS) is 20.0. The van der Waals surface area contributed by atoms with E-state index in [-0.39, 0.29) is 17.5 Å². The summed E-state index contributed by atoms with van der Waals surface area (Å²) in [5, 5.41) is 1.15. The molecular formula is C21H27ClN4O2. The summed E-state index contributed by atoms with van der Waals surface area (Å²) in [4.78, 5) is 34.5. The van der Waals surface area contributed by atoms with Crippen LogP contribution in [0.3, 0.4) is 0 Å². The van der Waals surface area contributed by atoms with Gasteiger partial charge in [-0.3, -0.25) is 19.1 Å². The van der Waals surface area contributed by atoms with Crippen LogP contribution in [0.1, 0.15) is 44.5 Å². The number of amides is 1. The first-order chi connectivity index (χ1) is 13.5. The molecule has 1 amide bonds. The van der Waals surface area contributed by atoms with E-state index in [0.717, 1.165) is 44.8 Å². The molecule has 7 heteroatoms. The van der Waals surface area contributed by atoms with Crippen molar-refractivity contribution < 1.29 is 4.79 Å². The number of hydrogen-bond acceptors (Lipinski definition) is 4. The minimum absolute atomic E-state index is 0.00943. The smallest absolute Gasteiger partial charge is 0.261 e. The van der Waals surface area contributed by atoms with Gasteiger partial charge in [-0.2, -0.15) is 0 Å². The van der Waals surface area contributed by atoms with Crippen LogP contribution in [-0.4, -0.2) is 51.4 Å². The molecule has 2 heterocycles. The van der Waals surface area contributed by atoms with Crippen LogP contribution in [-0.2, 0) is 11.8 Å². The molecule has 1 unspecified atom stereocenters. The van der Waals surface area contributed by atoms with E-state index in [2.05, 4.69) is 11.8 Å². The van der Waals surface area contributed by atoms with Gasteiger partial charge >= 0.3 is 0 Å². The zero-order valence-electron chi connectivity index (χ0n) is 16.5. The Morgan fingerprint density at radius 3 is 2.54 bits per heavy atom. The summed E-state index contributed by atoms with van der Waals surface area (Å²) in [5.74, 6) is 1.29. The molecule has 0 N–H and O–H groups in total. The average molecular weight is 403 g/mol. The van der Waals surface area contributed by atoms with Crippen LogP contribution in [0.5, 0.6) is 0 Å². The number of carbonyl (C=O) groups excluding carboxylic acids is 1. The standard InChI is InChI=1S/C21H27ClN4O2/c1-14(19-23-18-13-16(22)7-8-17(18)21(28)24(19)2)25-9-11-26(12-10-25)20(27)15-5-3-4-6-15/h7-8,13-15H,3-6,9-12H2,1-2H3. The summed E-state index contributed by atoms with van der Waals surface area (Å²) in [6, 6.07) is 5.18. The number of piperazine rings is 1. The van der Waals surface area contributed by atoms with Gasteiger partial charge in [0.15, 0.2) is 0 Å². The Bertz CT molecular complexity index is 943. The Kier molecular flexibility index (Phi) is 5.43. The molecule has 1 saturated heterocycles. The molecule has 2 fully saturated rings. The molecule has 28 heavy (non-hydrogen) atoms. The number of halogens is 1. The number of rotatable bonds is 3. The number of fused-ring (bicyclic) bond motifs is 1. The van der Waals surface area contributed by atoms with E-state index in [1.54, 1.807) is 29.8 Å². The molecule has 6 nitrogen and oxygen atoms in total. The molecule has 0 radical (unpaired) electrons. The predicted molar refractivity (Wildman–Crippen MR) is 111 cm³/mol. The molecule has 1 aliphatic carbocycles. The van der Waals surface area contributed by atoms with Crippen molar-refractivity contribution in [2.75, 3.05) is 26.2 Å². The average Bonchev–Trinajstić information content (AvgIpc) is 3.24. The third-order valence-corrected chi connectivity index (χ3v) is 6.56. The highest BCUT2D eigenvalue weighted by Crippen LogP contribution is 2.28. The topological polar surface area (TPSA) is 58.4 Å². The van der Waals surface area contributed by atoms with Gasteiger partial charge in [0.1, 0.15) is 5.82 Å². The van der Waals surface area contributed by atoms with Crippen molar-refractivity contribution in [2.45, 2.75) is 38.6 Å². The van der Waals surface area contributed by atoms with E-state index in [0.29, 0.717) is 21.8 Å². The van der Waals surface area contributed by atoms with Crippen molar-refractivity contribution >= 4 is 28.4 Å². The zero-order chi connectivity index (χ0) is 19.8. The third-order valence-electron chi connectivity index (χ3n) is 6.33. The van der Waals surface area contributed by atoms with Crippen molar-refractivity contribution in [3.05, 3.63) is 39.4 Å². The van der Waals surface area contributed by atoms with Gasteiger partial charge in [-0.05, 0) is 38.0 Å². The fourth-order valence-electron chi connectivity index (χ4n) is 4.56. The number of carbonyl (C=O) groups is 1. The Balaban J connectivity index is 1.51. The summed E-state index contributed by atoms with van der Waals surface area (Å²) < 4.78 is 1.64. The summed E-state index contributed by atoms with van der Waals surface area (Å²) in [7, 11) is 1.77. The van der Waals surface area contributed by atoms with Crippen LogP contribution in [0.15, 0.2) is 23.0 Å². The van der Waals surface area contributed by atoms with Crippen molar-refractivity contribution in [1.82, 2.24) is 19.4 Å². The number of nitrogens with zero attached hydrogens (tertiary/aromatic N) is 4. The van der Waals surface area contributed by atoms with Crippen molar-refractivity contribution in [3.8, 4) is 0 Å². The lowest BCUT2D eigenvalue weighted by molar-refractivity contribution is -0.137. The minimum Gasteiger partial charge on any atom is -0.340 e. The second-order valence-electron chi connectivity index (χ2n) is 8.01. The van der Waals surface area contributed by atoms with Gasteiger partial charge in [0, 0.05) is 44.2 Å². The second-order valence-corrected chi connectivity index (χ2v) is 8.45. The molecule has 4 rings (SSSR count). The summed E-state index contributed by atoms with van der Waals surface area (Å²) in [5.41, 5.74) is 0.575. The van der Waals surface area contributed by atoms with Crippen LogP contribution >= 0.6 is 11.6 Å². The first-order valence-electron chi connectivity index (χ1n) is 10.1. The Hall–Kier alpha value is -1.92. The third kappa shape index (κ3) is 3.55. The first-order valence-corrected chi connectivity index (χ1v) is 10.5. The van der Waals surface area contributed by atoms with E-state index in [1.807, 2.05) is 4.90 Å². The van der Waals surface area contributed by atoms with Gasteiger partial charge in [-0.1, -0.05) is 24.4 Å². The SMILES string of the molecule is CC(c1nc2cc(Cl)ccc2c(=O)n1C)N1CCN(C(=O)C2CCCC2)CC1. The van der Waals surface area contributed by atoms with Gasteiger partial charge in [0.25, 0.3) is 5.56 Å². The van der Waals surface area contributed by atoms with Crippen LogP contribution in [0, 0.1) is 5.92 Å². The minimum atomic E-state index is -0.0569. The molecule has 0 bridgehead atoms. The van der Waals surface area contributed by atoms with Crippen molar-refractivity contribution in [1.29, 1.82) is 0 Å². The van der Waals surface area contributed by atoms with Crippen LogP contribution < -0.4 is 5.56 Å². The van der Waals surface area contributed by atoms with Gasteiger partial charge < -0.3 is 4.90 Å². The molecule has 2 aromatic rings. The molecular weight excluding hydrogens is 376 g/mol. The molecule has 1 saturated carbocycles. The summed E-state index contributed by atoms with van der Waals surface area (Å²) >= 11 is 6.09. The highest BCUT2D eigenvalue weighted by Gasteiger charge is 2.31. The molecule has 0 spiro atoms. The van der Waals surface area contributed by atoms with E-state index in [1.165, 1.54) is 12.8 Å². The van der Waals surface area contributed by atoms with E-state index < -0.39 is 0 Å². The van der Waals surface area contributed by atoms with Gasteiger partial charge in [0.2, 0.25) is 5.91 Å². The van der Waals surface area contributed by atoms with E-state index in [4.69, 9.17) is 16.6 Å². The molecule has 1 atom stereocenters. The second kappa shape index (κ2) is 7.84. The molecule has 1 aliphatic heterocycles. The maximum Gasteiger partial charge on any atom is 0.261 e. The maximum atomic E-state index is 12.7. The lowest BCUT2D eigenvalue weighted by atomic mass is 10.1. The Morgan fingerprint density at radius 1 is 1.18 bits per heavy atom. The molecule has 150 valence electrons. The quantitative estimate of drug-likeness (QED) is 0.791. The lowest BCUT2D eigenvalue weighted by Crippen LogP contribution is -2.51. The lowest BCUT2D eigenvalue weighted by Gasteiger charge is -2.39. The van der Waals surface area contributed by atoms with Crippen LogP contribution in [0.25, 0.3) is 10.9 Å². The fraction of sp³-hybridized carbons (Fsp3) is 0.571.